The summed E-state index contributed by atoms with van der Waals surface area (Å²) in [5.41, 5.74) is 0.803. The molecule has 0 saturated carbocycles. The van der Waals surface area contributed by atoms with Gasteiger partial charge in [-0.1, -0.05) is 67.6 Å². The number of hydrogen-bond acceptors (Lipinski definition) is 3. The Bertz CT molecular complexity index is 774. The minimum Gasteiger partial charge on any atom is -0.461 e. The summed E-state index contributed by atoms with van der Waals surface area (Å²) in [4.78, 5) is 27.6. The molecule has 4 rings (SSSR count). The van der Waals surface area contributed by atoms with Gasteiger partial charge >= 0.3 is 5.97 Å². The first-order valence-electron chi connectivity index (χ1n) is 8.25. The molecule has 2 aromatic carbocycles. The summed E-state index contributed by atoms with van der Waals surface area (Å²) in [6.45, 7) is 2.09. The van der Waals surface area contributed by atoms with Gasteiger partial charge < -0.3 is 9.64 Å². The molecule has 0 aromatic heterocycles. The van der Waals surface area contributed by atoms with Crippen LogP contribution in [0.3, 0.4) is 0 Å². The minimum absolute atomic E-state index is 0.0179. The van der Waals surface area contributed by atoms with E-state index in [2.05, 4.69) is 0 Å². The van der Waals surface area contributed by atoms with Gasteiger partial charge in [0.05, 0.1) is 6.04 Å². The van der Waals surface area contributed by atoms with Crippen LogP contribution in [0.4, 0.5) is 0 Å². The highest BCUT2D eigenvalue weighted by atomic mass is 16.5. The van der Waals surface area contributed by atoms with E-state index in [9.17, 15) is 9.59 Å². The number of carbonyl (C=O) groups excluding carboxylic acids is 2. The molecule has 2 aliphatic heterocycles. The quantitative estimate of drug-likeness (QED) is 0.799. The number of ether oxygens (including phenoxy) is 1. The third kappa shape index (κ3) is 1.99. The maximum absolute atomic E-state index is 13.0. The summed E-state index contributed by atoms with van der Waals surface area (Å²) in [5, 5.41) is 0. The van der Waals surface area contributed by atoms with Crippen LogP contribution in [0.2, 0.25) is 0 Å². The van der Waals surface area contributed by atoms with Crippen LogP contribution in [0.1, 0.15) is 30.5 Å². The summed E-state index contributed by atoms with van der Waals surface area (Å²) in [6, 6.07) is 19.1. The van der Waals surface area contributed by atoms with Crippen molar-refractivity contribution in [1.82, 2.24) is 4.90 Å². The molecule has 3 atom stereocenters. The van der Waals surface area contributed by atoms with Crippen LogP contribution in [-0.2, 0) is 19.9 Å². The average Bonchev–Trinajstić information content (AvgIpc) is 2.91. The molecule has 2 aromatic rings. The van der Waals surface area contributed by atoms with E-state index in [1.165, 1.54) is 0 Å². The van der Waals surface area contributed by atoms with E-state index in [-0.39, 0.29) is 30.4 Å². The van der Waals surface area contributed by atoms with E-state index in [1.54, 1.807) is 4.90 Å². The standard InChI is InChI=1S/C20H19NO3/c1-14-12-20(16-10-6-3-7-11-16)19(23)24-13-17(21(20)18(14)22)15-8-4-2-5-9-15/h2-11,14,17H,12-13H2,1H3/t14-,17+,20-/m1/s1. The SMILES string of the molecule is C[C@@H]1C[C@@]2(c3ccccc3)C(=O)OC[C@@H](c3ccccc3)N2C1=O. The second-order valence-electron chi connectivity index (χ2n) is 6.56. The van der Waals surface area contributed by atoms with E-state index in [4.69, 9.17) is 4.74 Å². The molecule has 4 heteroatoms. The molecule has 0 radical (unpaired) electrons. The Morgan fingerprint density at radius 1 is 1.00 bits per heavy atom. The third-order valence-electron chi connectivity index (χ3n) is 5.13. The van der Waals surface area contributed by atoms with Gasteiger partial charge in [-0.15, -0.1) is 0 Å². The highest BCUT2D eigenvalue weighted by Gasteiger charge is 2.61. The Morgan fingerprint density at radius 2 is 1.62 bits per heavy atom. The smallest absolute Gasteiger partial charge is 0.336 e. The molecule has 122 valence electrons. The Balaban J connectivity index is 1.89. The molecule has 2 aliphatic rings. The molecule has 0 N–H and O–H groups in total. The molecule has 2 fully saturated rings. The largest absolute Gasteiger partial charge is 0.461 e. The van der Waals surface area contributed by atoms with Gasteiger partial charge in [-0.25, -0.2) is 4.79 Å². The van der Waals surface area contributed by atoms with Crippen LogP contribution in [0, 0.1) is 5.92 Å². The van der Waals surface area contributed by atoms with Crippen LogP contribution < -0.4 is 0 Å². The predicted molar refractivity (Wildman–Crippen MR) is 88.9 cm³/mol. The molecule has 2 heterocycles. The maximum atomic E-state index is 13.0. The monoisotopic (exact) mass is 321 g/mol. The number of morpholine rings is 1. The molecule has 0 aliphatic carbocycles. The molecule has 1 amide bonds. The first kappa shape index (κ1) is 14.9. The highest BCUT2D eigenvalue weighted by molar-refractivity contribution is 5.95. The second kappa shape index (κ2) is 5.48. The summed E-state index contributed by atoms with van der Waals surface area (Å²) in [5.74, 6) is -0.509. The number of hydrogen-bond donors (Lipinski definition) is 0. The molecule has 2 saturated heterocycles. The van der Waals surface area contributed by atoms with Crippen molar-refractivity contribution in [1.29, 1.82) is 0 Å². The van der Waals surface area contributed by atoms with Crippen LogP contribution >= 0.6 is 0 Å². The topological polar surface area (TPSA) is 46.6 Å². The lowest BCUT2D eigenvalue weighted by Gasteiger charge is -2.45. The number of fused-ring (bicyclic) bond motifs is 1. The second-order valence-corrected chi connectivity index (χ2v) is 6.56. The molecule has 24 heavy (non-hydrogen) atoms. The summed E-state index contributed by atoms with van der Waals surface area (Å²) in [7, 11) is 0. The van der Waals surface area contributed by atoms with E-state index < -0.39 is 5.54 Å². The molecule has 4 nitrogen and oxygen atoms in total. The van der Waals surface area contributed by atoms with Crippen molar-refractivity contribution in [3.05, 3.63) is 71.8 Å². The van der Waals surface area contributed by atoms with E-state index >= 15 is 0 Å². The molecule has 0 unspecified atom stereocenters. The number of cyclic esters (lactones) is 1. The number of amides is 1. The summed E-state index contributed by atoms with van der Waals surface area (Å²) < 4.78 is 5.58. The Kier molecular flexibility index (Phi) is 3.41. The normalized spacial score (nSPS) is 29.3. The van der Waals surface area contributed by atoms with Gasteiger partial charge in [-0.2, -0.15) is 0 Å². The van der Waals surface area contributed by atoms with Gasteiger partial charge in [-0.3, -0.25) is 4.79 Å². The number of rotatable bonds is 2. The summed E-state index contributed by atoms with van der Waals surface area (Å²) >= 11 is 0. The van der Waals surface area contributed by atoms with Gasteiger partial charge in [0, 0.05) is 5.92 Å². The van der Waals surface area contributed by atoms with Crippen LogP contribution in [-0.4, -0.2) is 23.4 Å². The highest BCUT2D eigenvalue weighted by Crippen LogP contribution is 2.50. The fourth-order valence-electron chi connectivity index (χ4n) is 4.01. The third-order valence-corrected chi connectivity index (χ3v) is 5.13. The van der Waals surface area contributed by atoms with E-state index in [1.807, 2.05) is 67.6 Å². The van der Waals surface area contributed by atoms with Crippen molar-refractivity contribution in [3.8, 4) is 0 Å². The lowest BCUT2D eigenvalue weighted by molar-refractivity contribution is -0.178. The zero-order valence-electron chi connectivity index (χ0n) is 13.5. The van der Waals surface area contributed by atoms with Crippen LogP contribution in [0.15, 0.2) is 60.7 Å². The Morgan fingerprint density at radius 3 is 2.29 bits per heavy atom. The minimum atomic E-state index is -1.02. The Hall–Kier alpha value is -2.62. The van der Waals surface area contributed by atoms with Crippen molar-refractivity contribution in [2.45, 2.75) is 24.9 Å². The molecular weight excluding hydrogens is 302 g/mol. The fraction of sp³-hybridized carbons (Fsp3) is 0.300. The van der Waals surface area contributed by atoms with Gasteiger partial charge in [0.25, 0.3) is 0 Å². The zero-order chi connectivity index (χ0) is 16.7. The first-order valence-corrected chi connectivity index (χ1v) is 8.25. The summed E-state index contributed by atoms with van der Waals surface area (Å²) in [6.07, 6.45) is 0.456. The van der Waals surface area contributed by atoms with E-state index in [0.717, 1.165) is 11.1 Å². The molecular formula is C20H19NO3. The Labute approximate surface area is 141 Å². The fourth-order valence-corrected chi connectivity index (χ4v) is 4.01. The lowest BCUT2D eigenvalue weighted by Crippen LogP contribution is -2.56. The van der Waals surface area contributed by atoms with Crippen molar-refractivity contribution in [2.75, 3.05) is 6.61 Å². The van der Waals surface area contributed by atoms with Gasteiger partial charge in [0.2, 0.25) is 5.91 Å². The van der Waals surface area contributed by atoms with Crippen molar-refractivity contribution in [3.63, 3.8) is 0 Å². The number of carbonyl (C=O) groups is 2. The zero-order valence-corrected chi connectivity index (χ0v) is 13.5. The number of benzene rings is 2. The van der Waals surface area contributed by atoms with Gasteiger partial charge in [0.15, 0.2) is 5.54 Å². The molecule has 0 spiro atoms. The van der Waals surface area contributed by atoms with Gasteiger partial charge in [0.1, 0.15) is 6.61 Å². The van der Waals surface area contributed by atoms with Crippen molar-refractivity contribution in [2.24, 2.45) is 5.92 Å². The number of esters is 1. The predicted octanol–water partition coefficient (Wildman–Crippen LogP) is 3.05. The average molecular weight is 321 g/mol. The van der Waals surface area contributed by atoms with Crippen LogP contribution in [0.5, 0.6) is 0 Å². The maximum Gasteiger partial charge on any atom is 0.336 e. The van der Waals surface area contributed by atoms with Crippen molar-refractivity contribution < 1.29 is 14.3 Å². The lowest BCUT2D eigenvalue weighted by atomic mass is 9.83. The molecule has 0 bridgehead atoms. The van der Waals surface area contributed by atoms with Crippen LogP contribution in [0.25, 0.3) is 0 Å². The first-order chi connectivity index (χ1) is 11.6. The van der Waals surface area contributed by atoms with Crippen molar-refractivity contribution >= 4 is 11.9 Å². The van der Waals surface area contributed by atoms with Gasteiger partial charge in [-0.05, 0) is 17.5 Å². The van der Waals surface area contributed by atoms with E-state index in [0.29, 0.717) is 6.42 Å². The number of nitrogens with zero attached hydrogens (tertiary/aromatic N) is 1.